The topological polar surface area (TPSA) is 20.2 Å². The molecule has 116 valence electrons. The predicted molar refractivity (Wildman–Crippen MR) is 83.6 cm³/mol. The van der Waals surface area contributed by atoms with Gasteiger partial charge in [0.15, 0.2) is 0 Å². The summed E-state index contributed by atoms with van der Waals surface area (Å²) in [4.78, 5) is 0.887. The van der Waals surface area contributed by atoms with Gasteiger partial charge in [-0.1, -0.05) is 66.4 Å². The molecule has 0 amide bonds. The molecule has 1 atom stereocenters. The van der Waals surface area contributed by atoms with Crippen LogP contribution in [0.25, 0.3) is 10.8 Å². The van der Waals surface area contributed by atoms with Gasteiger partial charge in [0.1, 0.15) is 0 Å². The molecule has 0 fully saturated rings. The molecule has 1 N–H and O–H groups in total. The first-order chi connectivity index (χ1) is 10.9. The van der Waals surface area contributed by atoms with Crippen molar-refractivity contribution in [2.45, 2.75) is 21.6 Å². The van der Waals surface area contributed by atoms with E-state index in [2.05, 4.69) is 0 Å². The minimum atomic E-state index is -4.80. The van der Waals surface area contributed by atoms with Gasteiger partial charge in [0.2, 0.25) is 5.60 Å². The molecule has 0 bridgehead atoms. The largest absolute Gasteiger partial charge is 0.425 e. The first kappa shape index (κ1) is 14.6. The molecule has 1 aliphatic heterocycles. The summed E-state index contributed by atoms with van der Waals surface area (Å²) in [5.74, 6) is 0. The Kier molecular flexibility index (Phi) is 3.02. The van der Waals surface area contributed by atoms with E-state index < -0.39 is 11.8 Å². The average Bonchev–Trinajstić information content (AvgIpc) is 2.54. The van der Waals surface area contributed by atoms with E-state index in [0.717, 1.165) is 5.39 Å². The maximum Gasteiger partial charge on any atom is 0.425 e. The summed E-state index contributed by atoms with van der Waals surface area (Å²) in [6.45, 7) is 0. The number of hydrogen-bond acceptors (Lipinski definition) is 2. The number of fused-ring (bicyclic) bond motifs is 4. The second-order valence-corrected chi connectivity index (χ2v) is 6.52. The molecule has 0 saturated heterocycles. The zero-order chi connectivity index (χ0) is 16.2. The Morgan fingerprint density at radius 3 is 2.30 bits per heavy atom. The smallest absolute Gasteiger partial charge is 0.372 e. The summed E-state index contributed by atoms with van der Waals surface area (Å²) in [6.07, 6.45) is -4.80. The van der Waals surface area contributed by atoms with Crippen molar-refractivity contribution in [3.63, 3.8) is 0 Å². The Bertz CT molecular complexity index is 920. The lowest BCUT2D eigenvalue weighted by atomic mass is 9.84. The summed E-state index contributed by atoms with van der Waals surface area (Å²) in [5, 5.41) is 12.3. The van der Waals surface area contributed by atoms with Gasteiger partial charge in [0.25, 0.3) is 0 Å². The molecule has 23 heavy (non-hydrogen) atoms. The molecule has 1 heterocycles. The van der Waals surface area contributed by atoms with Crippen LogP contribution in [0.1, 0.15) is 11.1 Å². The molecule has 0 saturated carbocycles. The van der Waals surface area contributed by atoms with Crippen LogP contribution < -0.4 is 0 Å². The highest BCUT2D eigenvalue weighted by atomic mass is 32.2. The van der Waals surface area contributed by atoms with Crippen LogP contribution in [0.2, 0.25) is 0 Å². The third-order valence-electron chi connectivity index (χ3n) is 4.17. The normalized spacial score (nSPS) is 20.2. The number of rotatable bonds is 0. The van der Waals surface area contributed by atoms with E-state index in [1.54, 1.807) is 30.3 Å². The van der Waals surface area contributed by atoms with Gasteiger partial charge in [-0.2, -0.15) is 13.2 Å². The van der Waals surface area contributed by atoms with E-state index >= 15 is 0 Å². The van der Waals surface area contributed by atoms with Crippen LogP contribution in [0.5, 0.6) is 0 Å². The van der Waals surface area contributed by atoms with Crippen LogP contribution >= 0.6 is 11.8 Å². The van der Waals surface area contributed by atoms with E-state index in [4.69, 9.17) is 0 Å². The van der Waals surface area contributed by atoms with Crippen molar-refractivity contribution in [1.82, 2.24) is 0 Å². The fraction of sp³-hybridized carbons (Fsp3) is 0.111. The third kappa shape index (κ3) is 1.93. The quantitative estimate of drug-likeness (QED) is 0.618. The standard InChI is InChI=1S/C18H11F3OS/c19-18(20,21)17(22)13-7-3-4-8-15(13)23-16-12-6-2-1-5-11(12)9-10-14(16)17/h1-10,22H. The van der Waals surface area contributed by atoms with Crippen LogP contribution in [-0.2, 0) is 5.60 Å². The highest BCUT2D eigenvalue weighted by Gasteiger charge is 2.59. The van der Waals surface area contributed by atoms with Crippen molar-refractivity contribution in [2.24, 2.45) is 0 Å². The molecule has 0 spiro atoms. The zero-order valence-corrected chi connectivity index (χ0v) is 12.6. The highest BCUT2D eigenvalue weighted by molar-refractivity contribution is 7.99. The summed E-state index contributed by atoms with van der Waals surface area (Å²) in [5.41, 5.74) is -3.21. The molecule has 3 aromatic rings. The maximum absolute atomic E-state index is 13.8. The van der Waals surface area contributed by atoms with E-state index in [-0.39, 0.29) is 11.1 Å². The average molecular weight is 332 g/mol. The van der Waals surface area contributed by atoms with Crippen molar-refractivity contribution in [3.8, 4) is 0 Å². The second kappa shape index (κ2) is 4.76. The van der Waals surface area contributed by atoms with E-state index in [9.17, 15) is 18.3 Å². The Balaban J connectivity index is 2.12. The van der Waals surface area contributed by atoms with Gasteiger partial charge < -0.3 is 5.11 Å². The number of alkyl halides is 3. The van der Waals surface area contributed by atoms with Crippen molar-refractivity contribution in [1.29, 1.82) is 0 Å². The minimum absolute atomic E-state index is 0.104. The predicted octanol–water partition coefficient (Wildman–Crippen LogP) is 5.10. The molecular weight excluding hydrogens is 321 g/mol. The Hall–Kier alpha value is -1.98. The third-order valence-corrected chi connectivity index (χ3v) is 5.39. The first-order valence-electron chi connectivity index (χ1n) is 7.01. The van der Waals surface area contributed by atoms with Crippen LogP contribution in [-0.4, -0.2) is 11.3 Å². The van der Waals surface area contributed by atoms with Crippen molar-refractivity contribution in [2.75, 3.05) is 0 Å². The lowest BCUT2D eigenvalue weighted by molar-refractivity contribution is -0.250. The highest BCUT2D eigenvalue weighted by Crippen LogP contribution is 2.55. The van der Waals surface area contributed by atoms with Gasteiger partial charge in [-0.15, -0.1) is 0 Å². The maximum atomic E-state index is 13.8. The van der Waals surface area contributed by atoms with Crippen molar-refractivity contribution in [3.05, 3.63) is 71.8 Å². The second-order valence-electron chi connectivity index (χ2n) is 5.47. The fourth-order valence-electron chi connectivity index (χ4n) is 3.05. The zero-order valence-electron chi connectivity index (χ0n) is 11.8. The summed E-state index contributed by atoms with van der Waals surface area (Å²) in [6, 6.07) is 16.4. The molecule has 4 rings (SSSR count). The van der Waals surface area contributed by atoms with Crippen molar-refractivity contribution < 1.29 is 18.3 Å². The first-order valence-corrected chi connectivity index (χ1v) is 7.83. The molecule has 5 heteroatoms. The number of benzene rings is 3. The molecule has 0 aromatic heterocycles. The van der Waals surface area contributed by atoms with Gasteiger partial charge in [-0.05, 0) is 16.8 Å². The molecular formula is C18H11F3OS. The van der Waals surface area contributed by atoms with Crippen LogP contribution in [0, 0.1) is 0 Å². The van der Waals surface area contributed by atoms with Crippen LogP contribution in [0.4, 0.5) is 13.2 Å². The van der Waals surface area contributed by atoms with Crippen LogP contribution in [0.3, 0.4) is 0 Å². The van der Waals surface area contributed by atoms with E-state index in [1.807, 2.05) is 12.1 Å². The van der Waals surface area contributed by atoms with Gasteiger partial charge >= 0.3 is 6.18 Å². The number of hydrogen-bond donors (Lipinski definition) is 1. The Morgan fingerprint density at radius 2 is 1.52 bits per heavy atom. The van der Waals surface area contributed by atoms with Gasteiger partial charge in [-0.25, -0.2) is 0 Å². The van der Waals surface area contributed by atoms with Gasteiger partial charge in [0.05, 0.1) is 0 Å². The van der Waals surface area contributed by atoms with Crippen LogP contribution in [0.15, 0.2) is 70.5 Å². The molecule has 3 aromatic carbocycles. The molecule has 1 aliphatic rings. The SMILES string of the molecule is OC1(C(F)(F)F)c2ccccc2Sc2c1ccc1ccccc21. The minimum Gasteiger partial charge on any atom is -0.372 e. The van der Waals surface area contributed by atoms with Gasteiger partial charge in [-0.3, -0.25) is 0 Å². The summed E-state index contributed by atoms with van der Waals surface area (Å²) < 4.78 is 41.5. The molecule has 0 aliphatic carbocycles. The Morgan fingerprint density at radius 1 is 0.826 bits per heavy atom. The summed E-state index contributed by atoms with van der Waals surface area (Å²) in [7, 11) is 0. The van der Waals surface area contributed by atoms with E-state index in [0.29, 0.717) is 15.2 Å². The lowest BCUT2D eigenvalue weighted by Crippen LogP contribution is -2.45. The molecule has 1 nitrogen and oxygen atoms in total. The number of aliphatic hydroxyl groups is 1. The molecule has 0 radical (unpaired) electrons. The fourth-order valence-corrected chi connectivity index (χ4v) is 4.37. The lowest BCUT2D eigenvalue weighted by Gasteiger charge is -2.37. The monoisotopic (exact) mass is 332 g/mol. The Labute approximate surface area is 134 Å². The van der Waals surface area contributed by atoms with E-state index in [1.165, 1.54) is 30.0 Å². The van der Waals surface area contributed by atoms with Crippen molar-refractivity contribution >= 4 is 22.5 Å². The molecule has 1 unspecified atom stereocenters. The summed E-state index contributed by atoms with van der Waals surface area (Å²) >= 11 is 1.27. The van der Waals surface area contributed by atoms with Gasteiger partial charge in [0, 0.05) is 20.9 Å². The number of halogens is 3.